The molecule has 30 heavy (non-hydrogen) atoms. The maximum Gasteiger partial charge on any atom is 0.203 e. The summed E-state index contributed by atoms with van der Waals surface area (Å²) in [5.74, 6) is 1.98. The SMILES string of the molecule is COc1cccc(OC)c1OC.c1cncc(-c2cccnc2-c2cccnc2)c1. The molecule has 0 aliphatic rings. The molecule has 0 N–H and O–H groups in total. The second kappa shape index (κ2) is 10.6. The van der Waals surface area contributed by atoms with Gasteiger partial charge in [-0.1, -0.05) is 18.2 Å². The second-order valence-corrected chi connectivity index (χ2v) is 6.08. The van der Waals surface area contributed by atoms with Crippen LogP contribution in [0.2, 0.25) is 0 Å². The molecule has 0 unspecified atom stereocenters. The molecule has 0 aliphatic heterocycles. The molecule has 0 saturated carbocycles. The van der Waals surface area contributed by atoms with Gasteiger partial charge in [-0.25, -0.2) is 0 Å². The average Bonchev–Trinajstić information content (AvgIpc) is 2.85. The van der Waals surface area contributed by atoms with Crippen LogP contribution < -0.4 is 14.2 Å². The summed E-state index contributed by atoms with van der Waals surface area (Å²) < 4.78 is 15.3. The van der Waals surface area contributed by atoms with Gasteiger partial charge in [0.2, 0.25) is 5.75 Å². The molecule has 3 aromatic heterocycles. The highest BCUT2D eigenvalue weighted by molar-refractivity contribution is 5.79. The Morgan fingerprint density at radius 2 is 1.20 bits per heavy atom. The van der Waals surface area contributed by atoms with Crippen LogP contribution in [-0.4, -0.2) is 36.3 Å². The van der Waals surface area contributed by atoms with Crippen molar-refractivity contribution in [1.82, 2.24) is 15.0 Å². The van der Waals surface area contributed by atoms with Crippen LogP contribution in [0.3, 0.4) is 0 Å². The Balaban J connectivity index is 0.000000187. The van der Waals surface area contributed by atoms with E-state index in [1.165, 1.54) is 0 Å². The zero-order valence-electron chi connectivity index (χ0n) is 17.1. The molecule has 152 valence electrons. The maximum atomic E-state index is 5.11. The first-order valence-corrected chi connectivity index (χ1v) is 9.29. The van der Waals surface area contributed by atoms with Gasteiger partial charge in [-0.05, 0) is 36.4 Å². The zero-order chi connectivity index (χ0) is 21.2. The van der Waals surface area contributed by atoms with E-state index in [9.17, 15) is 0 Å². The van der Waals surface area contributed by atoms with Gasteiger partial charge < -0.3 is 14.2 Å². The summed E-state index contributed by atoms with van der Waals surface area (Å²) in [6, 6.07) is 17.4. The van der Waals surface area contributed by atoms with E-state index in [1.54, 1.807) is 39.9 Å². The fraction of sp³-hybridized carbons (Fsp3) is 0.125. The highest BCUT2D eigenvalue weighted by Gasteiger charge is 2.09. The summed E-state index contributed by atoms with van der Waals surface area (Å²) in [6.07, 6.45) is 8.99. The van der Waals surface area contributed by atoms with E-state index in [-0.39, 0.29) is 0 Å². The Morgan fingerprint density at radius 3 is 1.73 bits per heavy atom. The highest BCUT2D eigenvalue weighted by Crippen LogP contribution is 2.36. The minimum Gasteiger partial charge on any atom is -0.493 e. The molecule has 0 radical (unpaired) electrons. The highest BCUT2D eigenvalue weighted by atomic mass is 16.5. The minimum atomic E-state index is 0.627. The fourth-order valence-electron chi connectivity index (χ4n) is 2.91. The van der Waals surface area contributed by atoms with Gasteiger partial charge in [0.1, 0.15) is 0 Å². The number of nitrogens with zero attached hydrogens (tertiary/aromatic N) is 3. The average molecular weight is 401 g/mol. The number of hydrogen-bond donors (Lipinski definition) is 0. The van der Waals surface area contributed by atoms with Crippen LogP contribution >= 0.6 is 0 Å². The van der Waals surface area contributed by atoms with Crippen molar-refractivity contribution < 1.29 is 14.2 Å². The molecule has 0 saturated heterocycles. The van der Waals surface area contributed by atoms with Crippen molar-refractivity contribution in [3.8, 4) is 39.6 Å². The Hall–Kier alpha value is -3.93. The van der Waals surface area contributed by atoms with Gasteiger partial charge in [-0.15, -0.1) is 0 Å². The molecule has 0 spiro atoms. The number of hydrogen-bond acceptors (Lipinski definition) is 6. The summed E-state index contributed by atoms with van der Waals surface area (Å²) in [7, 11) is 4.77. The molecule has 0 fully saturated rings. The van der Waals surface area contributed by atoms with Crippen molar-refractivity contribution in [1.29, 1.82) is 0 Å². The minimum absolute atomic E-state index is 0.627. The van der Waals surface area contributed by atoms with Crippen LogP contribution in [0.25, 0.3) is 22.4 Å². The van der Waals surface area contributed by atoms with Gasteiger partial charge >= 0.3 is 0 Å². The monoisotopic (exact) mass is 401 g/mol. The van der Waals surface area contributed by atoms with Crippen LogP contribution in [0.4, 0.5) is 0 Å². The number of methoxy groups -OCH3 is 3. The molecule has 0 aliphatic carbocycles. The molecular weight excluding hydrogens is 378 g/mol. The summed E-state index contributed by atoms with van der Waals surface area (Å²) in [5, 5.41) is 0. The molecule has 6 heteroatoms. The topological polar surface area (TPSA) is 66.4 Å². The Morgan fingerprint density at radius 1 is 0.600 bits per heavy atom. The van der Waals surface area contributed by atoms with Crippen LogP contribution in [0.1, 0.15) is 0 Å². The third kappa shape index (κ3) is 4.91. The summed E-state index contributed by atoms with van der Waals surface area (Å²) in [5.41, 5.74) is 4.07. The molecule has 0 atom stereocenters. The Bertz CT molecular complexity index is 977. The van der Waals surface area contributed by atoms with E-state index in [1.807, 2.05) is 67.0 Å². The van der Waals surface area contributed by atoms with Gasteiger partial charge in [0.05, 0.1) is 27.0 Å². The second-order valence-electron chi connectivity index (χ2n) is 6.08. The summed E-state index contributed by atoms with van der Waals surface area (Å²) >= 11 is 0. The third-order valence-corrected chi connectivity index (χ3v) is 4.30. The summed E-state index contributed by atoms with van der Waals surface area (Å²) in [4.78, 5) is 12.8. The predicted octanol–water partition coefficient (Wildman–Crippen LogP) is 4.92. The van der Waals surface area contributed by atoms with E-state index in [4.69, 9.17) is 14.2 Å². The van der Waals surface area contributed by atoms with Crippen molar-refractivity contribution >= 4 is 0 Å². The summed E-state index contributed by atoms with van der Waals surface area (Å²) in [6.45, 7) is 0. The van der Waals surface area contributed by atoms with Crippen LogP contribution in [0, 0.1) is 0 Å². The fourth-order valence-corrected chi connectivity index (χ4v) is 2.91. The van der Waals surface area contributed by atoms with E-state index in [0.29, 0.717) is 17.2 Å². The van der Waals surface area contributed by atoms with E-state index >= 15 is 0 Å². The smallest absolute Gasteiger partial charge is 0.203 e. The van der Waals surface area contributed by atoms with Gasteiger partial charge in [0.15, 0.2) is 11.5 Å². The molecule has 4 rings (SSSR count). The maximum absolute atomic E-state index is 5.11. The predicted molar refractivity (Wildman–Crippen MR) is 117 cm³/mol. The largest absolute Gasteiger partial charge is 0.493 e. The molecule has 3 heterocycles. The van der Waals surface area contributed by atoms with Gasteiger partial charge in [-0.3, -0.25) is 15.0 Å². The van der Waals surface area contributed by atoms with Gasteiger partial charge in [0, 0.05) is 47.7 Å². The molecule has 1 aromatic carbocycles. The van der Waals surface area contributed by atoms with Crippen LogP contribution in [0.15, 0.2) is 85.6 Å². The number of para-hydroxylation sites is 1. The van der Waals surface area contributed by atoms with Gasteiger partial charge in [-0.2, -0.15) is 0 Å². The lowest BCUT2D eigenvalue weighted by Gasteiger charge is -2.10. The lowest BCUT2D eigenvalue weighted by atomic mass is 10.0. The molecule has 4 aromatic rings. The number of pyridine rings is 3. The van der Waals surface area contributed by atoms with E-state index < -0.39 is 0 Å². The number of ether oxygens (including phenoxy) is 3. The molecule has 6 nitrogen and oxygen atoms in total. The number of benzene rings is 1. The first-order chi connectivity index (χ1) is 14.8. The molecular formula is C24H23N3O3. The molecule has 0 amide bonds. The Labute approximate surface area is 176 Å². The van der Waals surface area contributed by atoms with E-state index in [0.717, 1.165) is 22.4 Å². The number of rotatable bonds is 5. The molecule has 0 bridgehead atoms. The first kappa shape index (κ1) is 20.8. The number of aromatic nitrogens is 3. The Kier molecular flexibility index (Phi) is 7.33. The van der Waals surface area contributed by atoms with E-state index in [2.05, 4.69) is 15.0 Å². The quantitative estimate of drug-likeness (QED) is 0.473. The lowest BCUT2D eigenvalue weighted by molar-refractivity contribution is 0.324. The van der Waals surface area contributed by atoms with Crippen LogP contribution in [-0.2, 0) is 0 Å². The van der Waals surface area contributed by atoms with Gasteiger partial charge in [0.25, 0.3) is 0 Å². The van der Waals surface area contributed by atoms with Crippen LogP contribution in [0.5, 0.6) is 17.2 Å². The van der Waals surface area contributed by atoms with Crippen molar-refractivity contribution in [2.75, 3.05) is 21.3 Å². The first-order valence-electron chi connectivity index (χ1n) is 9.29. The standard InChI is InChI=1S/C15H11N3.C9H12O3/c1-4-12(10-16-7-1)14-6-3-9-18-15(14)13-5-2-8-17-11-13;1-10-7-5-4-6-8(11-2)9(7)12-3/h1-11H;4-6H,1-3H3. The lowest BCUT2D eigenvalue weighted by Crippen LogP contribution is -1.93. The van der Waals surface area contributed by atoms with Crippen molar-refractivity contribution in [2.24, 2.45) is 0 Å². The van der Waals surface area contributed by atoms with Crippen molar-refractivity contribution in [3.63, 3.8) is 0 Å². The van der Waals surface area contributed by atoms with Crippen molar-refractivity contribution in [2.45, 2.75) is 0 Å². The third-order valence-electron chi connectivity index (χ3n) is 4.30. The zero-order valence-corrected chi connectivity index (χ0v) is 17.1. The van der Waals surface area contributed by atoms with Crippen molar-refractivity contribution in [3.05, 3.63) is 85.6 Å². The normalized spacial score (nSPS) is 9.83.